The molecular formula is C9H14O2. The summed E-state index contributed by atoms with van der Waals surface area (Å²) in [5, 5.41) is 9.19. The number of hydrogen-bond acceptors (Lipinski definition) is 2. The Kier molecular flexibility index (Phi) is 2.32. The number of allylic oxidation sites excluding steroid dienone is 2. The molecule has 0 aromatic carbocycles. The third-order valence-corrected chi connectivity index (χ3v) is 2.20. The third kappa shape index (κ3) is 1.44. The van der Waals surface area contributed by atoms with Crippen molar-refractivity contribution >= 4 is 5.78 Å². The minimum Gasteiger partial charge on any atom is -0.504 e. The molecule has 0 radical (unpaired) electrons. The molecule has 2 heteroatoms. The summed E-state index contributed by atoms with van der Waals surface area (Å²) in [5.74, 6) is 0.0350. The topological polar surface area (TPSA) is 37.3 Å². The van der Waals surface area contributed by atoms with E-state index in [0.717, 1.165) is 24.8 Å². The van der Waals surface area contributed by atoms with E-state index >= 15 is 0 Å². The minimum absolute atomic E-state index is 0.0171. The smallest absolute Gasteiger partial charge is 0.200 e. The molecule has 0 bridgehead atoms. The van der Waals surface area contributed by atoms with Gasteiger partial charge in [-0.25, -0.2) is 0 Å². The van der Waals surface area contributed by atoms with Crippen LogP contribution in [-0.2, 0) is 4.79 Å². The van der Waals surface area contributed by atoms with Crippen molar-refractivity contribution in [3.05, 3.63) is 11.3 Å². The number of carbonyl (C=O) groups is 1. The molecule has 1 aliphatic rings. The average molecular weight is 154 g/mol. The molecule has 1 atom stereocenters. The highest BCUT2D eigenvalue weighted by Crippen LogP contribution is 2.29. The van der Waals surface area contributed by atoms with Crippen LogP contribution < -0.4 is 0 Å². The number of aliphatic hydroxyl groups is 1. The first kappa shape index (κ1) is 8.31. The monoisotopic (exact) mass is 154 g/mol. The Morgan fingerprint density at radius 3 is 2.64 bits per heavy atom. The summed E-state index contributed by atoms with van der Waals surface area (Å²) in [5.41, 5.74) is 0.855. The molecule has 0 saturated carbocycles. The highest BCUT2D eigenvalue weighted by molar-refractivity contribution is 5.98. The molecular weight excluding hydrogens is 140 g/mol. The normalized spacial score (nSPS) is 24.9. The van der Waals surface area contributed by atoms with Gasteiger partial charge in [0, 0.05) is 5.92 Å². The molecule has 0 aliphatic heterocycles. The van der Waals surface area contributed by atoms with E-state index in [4.69, 9.17) is 0 Å². The number of carbonyl (C=O) groups excluding carboxylic acids is 1. The zero-order chi connectivity index (χ0) is 8.43. The van der Waals surface area contributed by atoms with E-state index in [9.17, 15) is 9.90 Å². The molecule has 11 heavy (non-hydrogen) atoms. The van der Waals surface area contributed by atoms with E-state index < -0.39 is 0 Å². The van der Waals surface area contributed by atoms with Gasteiger partial charge in [0.2, 0.25) is 0 Å². The predicted octanol–water partition coefficient (Wildman–Crippen LogP) is 2.21. The van der Waals surface area contributed by atoms with E-state index in [2.05, 4.69) is 6.92 Å². The second-order valence-corrected chi connectivity index (χ2v) is 3.18. The summed E-state index contributed by atoms with van der Waals surface area (Å²) < 4.78 is 0. The van der Waals surface area contributed by atoms with Crippen molar-refractivity contribution in [3.8, 4) is 0 Å². The van der Waals surface area contributed by atoms with Crippen LogP contribution in [0.15, 0.2) is 11.3 Å². The van der Waals surface area contributed by atoms with Crippen molar-refractivity contribution in [1.29, 1.82) is 0 Å². The van der Waals surface area contributed by atoms with Crippen LogP contribution in [0.1, 0.15) is 33.1 Å². The fraction of sp³-hybridized carbons (Fsp3) is 0.667. The summed E-state index contributed by atoms with van der Waals surface area (Å²) >= 11 is 0. The second kappa shape index (κ2) is 3.07. The number of aliphatic hydroxyl groups excluding tert-OH is 1. The van der Waals surface area contributed by atoms with Crippen molar-refractivity contribution in [1.82, 2.24) is 0 Å². The molecule has 1 rings (SSSR count). The molecule has 0 spiro atoms. The van der Waals surface area contributed by atoms with E-state index in [1.165, 1.54) is 0 Å². The van der Waals surface area contributed by atoms with E-state index in [0.29, 0.717) is 0 Å². The lowest BCUT2D eigenvalue weighted by Crippen LogP contribution is -2.09. The van der Waals surface area contributed by atoms with Crippen LogP contribution in [-0.4, -0.2) is 10.9 Å². The lowest BCUT2D eigenvalue weighted by Gasteiger charge is -2.03. The van der Waals surface area contributed by atoms with E-state index in [1.807, 2.05) is 6.92 Å². The summed E-state index contributed by atoms with van der Waals surface area (Å²) in [4.78, 5) is 11.2. The first-order chi connectivity index (χ1) is 5.16. The Hall–Kier alpha value is -0.790. The van der Waals surface area contributed by atoms with Crippen LogP contribution >= 0.6 is 0 Å². The fourth-order valence-electron chi connectivity index (χ4n) is 1.54. The molecule has 0 fully saturated rings. The van der Waals surface area contributed by atoms with Gasteiger partial charge in [-0.1, -0.05) is 13.3 Å². The summed E-state index contributed by atoms with van der Waals surface area (Å²) in [6.07, 6.45) is 2.68. The number of hydrogen-bond donors (Lipinski definition) is 1. The first-order valence-electron chi connectivity index (χ1n) is 4.09. The van der Waals surface area contributed by atoms with E-state index in [1.54, 1.807) is 0 Å². The largest absolute Gasteiger partial charge is 0.504 e. The standard InChI is InChI=1S/C9H14O2/c1-3-4-7-5-6(2)8(10)9(7)11/h7,10H,3-5H2,1-2H3. The zero-order valence-electron chi connectivity index (χ0n) is 7.05. The molecule has 1 N–H and O–H groups in total. The van der Waals surface area contributed by atoms with Gasteiger partial charge in [0.1, 0.15) is 0 Å². The Labute approximate surface area is 66.9 Å². The molecule has 0 heterocycles. The van der Waals surface area contributed by atoms with Crippen LogP contribution in [0.4, 0.5) is 0 Å². The predicted molar refractivity (Wildman–Crippen MR) is 43.4 cm³/mol. The van der Waals surface area contributed by atoms with Gasteiger partial charge in [-0.05, 0) is 25.3 Å². The highest BCUT2D eigenvalue weighted by atomic mass is 16.3. The van der Waals surface area contributed by atoms with Gasteiger partial charge in [-0.15, -0.1) is 0 Å². The van der Waals surface area contributed by atoms with Gasteiger partial charge < -0.3 is 5.11 Å². The third-order valence-electron chi connectivity index (χ3n) is 2.20. The summed E-state index contributed by atoms with van der Waals surface area (Å²) in [6.45, 7) is 3.88. The van der Waals surface area contributed by atoms with Crippen LogP contribution in [0.3, 0.4) is 0 Å². The Bertz CT molecular complexity index is 204. The quantitative estimate of drug-likeness (QED) is 0.662. The van der Waals surface area contributed by atoms with Crippen molar-refractivity contribution in [3.63, 3.8) is 0 Å². The van der Waals surface area contributed by atoms with Gasteiger partial charge in [0.05, 0.1) is 0 Å². The van der Waals surface area contributed by atoms with Crippen molar-refractivity contribution < 1.29 is 9.90 Å². The summed E-state index contributed by atoms with van der Waals surface area (Å²) in [6, 6.07) is 0. The Balaban J connectivity index is 2.63. The molecule has 1 unspecified atom stereocenters. The number of Topliss-reactive ketones (excluding diaryl/α,β-unsaturated/α-hetero) is 1. The SMILES string of the molecule is CCCC1CC(C)=C(O)C1=O. The number of ketones is 1. The maximum Gasteiger partial charge on any atom is 0.200 e. The van der Waals surface area contributed by atoms with Gasteiger partial charge in [-0.3, -0.25) is 4.79 Å². The van der Waals surface area contributed by atoms with Gasteiger partial charge >= 0.3 is 0 Å². The molecule has 0 amide bonds. The zero-order valence-corrected chi connectivity index (χ0v) is 7.05. The number of rotatable bonds is 2. The first-order valence-corrected chi connectivity index (χ1v) is 4.09. The highest BCUT2D eigenvalue weighted by Gasteiger charge is 2.29. The van der Waals surface area contributed by atoms with Gasteiger partial charge in [-0.2, -0.15) is 0 Å². The van der Waals surface area contributed by atoms with Crippen molar-refractivity contribution in [2.45, 2.75) is 33.1 Å². The fourth-order valence-corrected chi connectivity index (χ4v) is 1.54. The van der Waals surface area contributed by atoms with Crippen LogP contribution in [0.25, 0.3) is 0 Å². The maximum absolute atomic E-state index is 11.2. The van der Waals surface area contributed by atoms with Crippen molar-refractivity contribution in [2.75, 3.05) is 0 Å². The molecule has 1 aliphatic carbocycles. The van der Waals surface area contributed by atoms with E-state index in [-0.39, 0.29) is 17.5 Å². The lowest BCUT2D eigenvalue weighted by atomic mass is 9.99. The summed E-state index contributed by atoms with van der Waals surface area (Å²) in [7, 11) is 0. The molecule has 2 nitrogen and oxygen atoms in total. The molecule has 62 valence electrons. The van der Waals surface area contributed by atoms with Crippen molar-refractivity contribution in [2.24, 2.45) is 5.92 Å². The maximum atomic E-state index is 11.2. The Morgan fingerprint density at radius 1 is 1.64 bits per heavy atom. The molecule has 0 saturated heterocycles. The van der Waals surface area contributed by atoms with Crippen LogP contribution in [0, 0.1) is 5.92 Å². The van der Waals surface area contributed by atoms with Crippen LogP contribution in [0.5, 0.6) is 0 Å². The lowest BCUT2D eigenvalue weighted by molar-refractivity contribution is -0.120. The second-order valence-electron chi connectivity index (χ2n) is 3.18. The van der Waals surface area contributed by atoms with Gasteiger partial charge in [0.15, 0.2) is 11.5 Å². The molecule has 0 aromatic heterocycles. The Morgan fingerprint density at radius 2 is 2.27 bits per heavy atom. The average Bonchev–Trinajstić information content (AvgIpc) is 2.19. The minimum atomic E-state index is -0.0515. The van der Waals surface area contributed by atoms with Gasteiger partial charge in [0.25, 0.3) is 0 Å². The van der Waals surface area contributed by atoms with Crippen LogP contribution in [0.2, 0.25) is 0 Å². The molecule has 0 aromatic rings.